The molecule has 1 aromatic carbocycles. The summed E-state index contributed by atoms with van der Waals surface area (Å²) in [5.74, 6) is 1.35. The summed E-state index contributed by atoms with van der Waals surface area (Å²) in [6.07, 6.45) is 4.19. The van der Waals surface area contributed by atoms with Crippen molar-refractivity contribution in [3.8, 4) is 5.69 Å². The molecular formula is C21H26N4O2. The predicted molar refractivity (Wildman–Crippen MR) is 105 cm³/mol. The lowest BCUT2D eigenvalue weighted by molar-refractivity contribution is -0.137. The molecule has 0 N–H and O–H groups in total. The number of carbonyl (C=O) groups excluding carboxylic acids is 1. The van der Waals surface area contributed by atoms with Crippen molar-refractivity contribution in [2.45, 2.75) is 32.6 Å². The zero-order valence-electron chi connectivity index (χ0n) is 15.8. The molecule has 6 nitrogen and oxygen atoms in total. The molecule has 2 heterocycles. The van der Waals surface area contributed by atoms with Crippen molar-refractivity contribution in [2.75, 3.05) is 31.1 Å². The van der Waals surface area contributed by atoms with Crippen molar-refractivity contribution in [1.82, 2.24) is 14.7 Å². The second kappa shape index (κ2) is 7.55. The van der Waals surface area contributed by atoms with Crippen LogP contribution in [-0.2, 0) is 4.79 Å². The summed E-state index contributed by atoms with van der Waals surface area (Å²) in [4.78, 5) is 29.0. The normalized spacial score (nSPS) is 18.1. The average molecular weight is 366 g/mol. The van der Waals surface area contributed by atoms with Crippen LogP contribution in [0.3, 0.4) is 0 Å². The van der Waals surface area contributed by atoms with Crippen LogP contribution in [0.2, 0.25) is 0 Å². The highest BCUT2D eigenvalue weighted by Gasteiger charge is 2.30. The van der Waals surface area contributed by atoms with Crippen LogP contribution in [0.1, 0.15) is 31.2 Å². The van der Waals surface area contributed by atoms with Crippen molar-refractivity contribution in [2.24, 2.45) is 5.92 Å². The molecule has 0 bridgehead atoms. The molecule has 2 aliphatic rings. The number of hydrogen-bond donors (Lipinski definition) is 0. The fraction of sp³-hybridized carbons (Fsp3) is 0.476. The van der Waals surface area contributed by atoms with E-state index in [2.05, 4.69) is 10.00 Å². The van der Waals surface area contributed by atoms with Crippen LogP contribution in [-0.4, -0.2) is 46.8 Å². The first-order valence-electron chi connectivity index (χ1n) is 9.83. The number of aryl methyl sites for hydroxylation is 1. The molecule has 2 fully saturated rings. The van der Waals surface area contributed by atoms with Gasteiger partial charge in [-0.1, -0.05) is 24.1 Å². The largest absolute Gasteiger partial charge is 0.353 e. The van der Waals surface area contributed by atoms with Gasteiger partial charge in [0.1, 0.15) is 5.82 Å². The molecule has 1 aliphatic heterocycles. The number of benzene rings is 1. The summed E-state index contributed by atoms with van der Waals surface area (Å²) in [6, 6.07) is 11.1. The van der Waals surface area contributed by atoms with E-state index < -0.39 is 0 Å². The molecule has 1 saturated heterocycles. The second-order valence-electron chi connectivity index (χ2n) is 7.57. The molecule has 1 amide bonds. The molecule has 0 radical (unpaired) electrons. The maximum absolute atomic E-state index is 12.5. The van der Waals surface area contributed by atoms with Gasteiger partial charge < -0.3 is 9.80 Å². The minimum absolute atomic E-state index is 0.140. The van der Waals surface area contributed by atoms with Gasteiger partial charge in [0.2, 0.25) is 5.91 Å². The van der Waals surface area contributed by atoms with Crippen LogP contribution in [0.4, 0.5) is 5.82 Å². The molecule has 1 saturated carbocycles. The van der Waals surface area contributed by atoms with Crippen molar-refractivity contribution >= 4 is 11.7 Å². The number of aromatic nitrogens is 2. The number of hydrogen-bond acceptors (Lipinski definition) is 4. The summed E-state index contributed by atoms with van der Waals surface area (Å²) in [6.45, 7) is 5.14. The third-order valence-electron chi connectivity index (χ3n) is 5.65. The average Bonchev–Trinajstić information content (AvgIpc) is 2.88. The van der Waals surface area contributed by atoms with Gasteiger partial charge in [0.05, 0.1) is 5.69 Å². The SMILES string of the molecule is Cc1ccc(-n2nc(N3CCCN(C(=O)C4CCC4)CC3)ccc2=O)cc1. The lowest BCUT2D eigenvalue weighted by Gasteiger charge is -2.31. The minimum Gasteiger partial charge on any atom is -0.353 e. The Morgan fingerprint density at radius 1 is 0.963 bits per heavy atom. The van der Waals surface area contributed by atoms with Crippen LogP contribution < -0.4 is 10.5 Å². The van der Waals surface area contributed by atoms with E-state index in [4.69, 9.17) is 0 Å². The Morgan fingerprint density at radius 2 is 1.74 bits per heavy atom. The topological polar surface area (TPSA) is 58.4 Å². The number of rotatable bonds is 3. The maximum atomic E-state index is 12.5. The fourth-order valence-electron chi connectivity index (χ4n) is 3.72. The quantitative estimate of drug-likeness (QED) is 0.837. The predicted octanol–water partition coefficient (Wildman–Crippen LogP) is 2.38. The van der Waals surface area contributed by atoms with E-state index in [1.165, 1.54) is 11.1 Å². The summed E-state index contributed by atoms with van der Waals surface area (Å²) in [5, 5.41) is 4.60. The Morgan fingerprint density at radius 3 is 2.44 bits per heavy atom. The Kier molecular flexibility index (Phi) is 4.97. The van der Waals surface area contributed by atoms with Gasteiger partial charge in [-0.3, -0.25) is 9.59 Å². The third-order valence-corrected chi connectivity index (χ3v) is 5.65. The van der Waals surface area contributed by atoms with Gasteiger partial charge in [-0.05, 0) is 44.4 Å². The monoisotopic (exact) mass is 366 g/mol. The van der Waals surface area contributed by atoms with Crippen LogP contribution in [0.15, 0.2) is 41.2 Å². The van der Waals surface area contributed by atoms with Crippen LogP contribution >= 0.6 is 0 Å². The van der Waals surface area contributed by atoms with Gasteiger partial charge >= 0.3 is 0 Å². The van der Waals surface area contributed by atoms with E-state index in [9.17, 15) is 9.59 Å². The fourth-order valence-corrected chi connectivity index (χ4v) is 3.72. The number of carbonyl (C=O) groups is 1. The molecule has 142 valence electrons. The Hall–Kier alpha value is -2.63. The third kappa shape index (κ3) is 3.75. The second-order valence-corrected chi connectivity index (χ2v) is 7.57. The van der Waals surface area contributed by atoms with Gasteiger partial charge in [0.15, 0.2) is 0 Å². The molecule has 0 atom stereocenters. The first-order valence-corrected chi connectivity index (χ1v) is 9.83. The Balaban J connectivity index is 1.51. The smallest absolute Gasteiger partial charge is 0.271 e. The van der Waals surface area contributed by atoms with E-state index in [1.54, 1.807) is 12.1 Å². The van der Waals surface area contributed by atoms with Gasteiger partial charge in [-0.25, -0.2) is 0 Å². The highest BCUT2D eigenvalue weighted by Crippen LogP contribution is 2.28. The first kappa shape index (κ1) is 17.8. The molecule has 27 heavy (non-hydrogen) atoms. The zero-order chi connectivity index (χ0) is 18.8. The van der Waals surface area contributed by atoms with Crippen LogP contribution in [0.25, 0.3) is 5.69 Å². The van der Waals surface area contributed by atoms with Crippen molar-refractivity contribution in [3.63, 3.8) is 0 Å². The first-order chi connectivity index (χ1) is 13.1. The molecule has 1 aliphatic carbocycles. The van der Waals surface area contributed by atoms with E-state index in [0.29, 0.717) is 5.91 Å². The molecule has 4 rings (SSSR count). The highest BCUT2D eigenvalue weighted by molar-refractivity contribution is 5.79. The van der Waals surface area contributed by atoms with Crippen LogP contribution in [0.5, 0.6) is 0 Å². The van der Waals surface area contributed by atoms with Crippen LogP contribution in [0, 0.1) is 12.8 Å². The Labute approximate surface area is 159 Å². The molecule has 0 unspecified atom stereocenters. The van der Waals surface area contributed by atoms with Crippen molar-refractivity contribution < 1.29 is 4.79 Å². The summed E-state index contributed by atoms with van der Waals surface area (Å²) in [5.41, 5.74) is 1.77. The summed E-state index contributed by atoms with van der Waals surface area (Å²) in [7, 11) is 0. The van der Waals surface area contributed by atoms with E-state index in [1.807, 2.05) is 36.1 Å². The Bertz CT molecular complexity index is 870. The van der Waals surface area contributed by atoms with Crippen molar-refractivity contribution in [1.29, 1.82) is 0 Å². The number of amides is 1. The molecular weight excluding hydrogens is 340 g/mol. The standard InChI is InChI=1S/C21H26N4O2/c1-16-6-8-18(9-7-16)25-20(26)11-10-19(22-25)23-12-3-13-24(15-14-23)21(27)17-4-2-5-17/h6-11,17H,2-5,12-15H2,1H3. The van der Waals surface area contributed by atoms with Gasteiger partial charge in [-0.2, -0.15) is 4.68 Å². The van der Waals surface area contributed by atoms with E-state index in [0.717, 1.165) is 62.5 Å². The van der Waals surface area contributed by atoms with Gasteiger partial charge in [-0.15, -0.1) is 5.10 Å². The molecule has 2 aromatic rings. The molecule has 6 heteroatoms. The van der Waals surface area contributed by atoms with Gasteiger partial charge in [0.25, 0.3) is 5.56 Å². The van der Waals surface area contributed by atoms with Gasteiger partial charge in [0, 0.05) is 38.2 Å². The maximum Gasteiger partial charge on any atom is 0.271 e. The highest BCUT2D eigenvalue weighted by atomic mass is 16.2. The summed E-state index contributed by atoms with van der Waals surface area (Å²) < 4.78 is 1.46. The number of anilines is 1. The van der Waals surface area contributed by atoms with E-state index in [-0.39, 0.29) is 11.5 Å². The molecule has 1 aromatic heterocycles. The van der Waals surface area contributed by atoms with E-state index >= 15 is 0 Å². The summed E-state index contributed by atoms with van der Waals surface area (Å²) >= 11 is 0. The lowest BCUT2D eigenvalue weighted by atomic mass is 9.84. The molecule has 0 spiro atoms. The number of nitrogens with zero attached hydrogens (tertiary/aromatic N) is 4. The minimum atomic E-state index is -0.140. The lowest BCUT2D eigenvalue weighted by Crippen LogP contribution is -2.41. The zero-order valence-corrected chi connectivity index (χ0v) is 15.8. The van der Waals surface area contributed by atoms with Crippen molar-refractivity contribution in [3.05, 3.63) is 52.3 Å².